The second kappa shape index (κ2) is 9.91. The number of nitrogens with zero attached hydrogens (tertiary/aromatic N) is 1. The van der Waals surface area contributed by atoms with E-state index in [1.807, 2.05) is 54.6 Å². The molecule has 0 spiro atoms. The van der Waals surface area contributed by atoms with Gasteiger partial charge in [-0.25, -0.2) is 0 Å². The minimum absolute atomic E-state index is 0.244. The van der Waals surface area contributed by atoms with Crippen molar-refractivity contribution in [3.63, 3.8) is 0 Å². The lowest BCUT2D eigenvalue weighted by Gasteiger charge is -2.14. The van der Waals surface area contributed by atoms with Crippen LogP contribution in [-0.2, 0) is 12.7 Å². The van der Waals surface area contributed by atoms with Crippen LogP contribution in [-0.4, -0.2) is 12.3 Å². The summed E-state index contributed by atoms with van der Waals surface area (Å²) in [6, 6.07) is 20.6. The minimum atomic E-state index is -4.55. The number of methoxy groups -OCH3 is 1. The summed E-state index contributed by atoms with van der Waals surface area (Å²) in [6.45, 7) is 0.375. The summed E-state index contributed by atoms with van der Waals surface area (Å²) in [6.07, 6.45) is -4.55. The molecule has 3 aromatic carbocycles. The summed E-state index contributed by atoms with van der Waals surface area (Å²) >= 11 is 7.02. The summed E-state index contributed by atoms with van der Waals surface area (Å²) in [5.74, 6) is 0.674. The molecule has 8 heteroatoms. The first-order valence-corrected chi connectivity index (χ1v) is 10.1. The number of aliphatic imine (C=N–C) groups is 1. The summed E-state index contributed by atoms with van der Waals surface area (Å²) in [5.41, 5.74) is 0.326. The maximum Gasteiger partial charge on any atom is 0.417 e. The number of thioether (sulfide) groups is 1. The smallest absolute Gasteiger partial charge is 0.417 e. The summed E-state index contributed by atoms with van der Waals surface area (Å²) in [7, 11) is 1.57. The molecule has 3 nitrogen and oxygen atoms in total. The lowest BCUT2D eigenvalue weighted by molar-refractivity contribution is -0.137. The molecule has 0 unspecified atom stereocenters. The van der Waals surface area contributed by atoms with Crippen LogP contribution in [0.3, 0.4) is 0 Å². The molecule has 0 saturated carbocycles. The molecule has 0 saturated heterocycles. The third-order valence-electron chi connectivity index (χ3n) is 4.03. The van der Waals surface area contributed by atoms with Crippen molar-refractivity contribution in [3.8, 4) is 5.75 Å². The van der Waals surface area contributed by atoms with Crippen molar-refractivity contribution < 1.29 is 17.9 Å². The van der Waals surface area contributed by atoms with Crippen LogP contribution in [0.5, 0.6) is 5.75 Å². The Labute approximate surface area is 181 Å². The van der Waals surface area contributed by atoms with Gasteiger partial charge in [0.25, 0.3) is 0 Å². The van der Waals surface area contributed by atoms with Gasteiger partial charge in [0.1, 0.15) is 5.75 Å². The van der Waals surface area contributed by atoms with Gasteiger partial charge in [-0.05, 0) is 42.0 Å². The van der Waals surface area contributed by atoms with Crippen LogP contribution in [0.2, 0.25) is 5.02 Å². The Bertz CT molecular complexity index is 1030. The second-order valence-corrected chi connectivity index (χ2v) is 7.67. The summed E-state index contributed by atoms with van der Waals surface area (Å²) in [4.78, 5) is 5.40. The molecule has 0 radical (unpaired) electrons. The minimum Gasteiger partial charge on any atom is -0.497 e. The maximum atomic E-state index is 13.2. The molecule has 0 aliphatic carbocycles. The Morgan fingerprint density at radius 3 is 2.50 bits per heavy atom. The quantitative estimate of drug-likeness (QED) is 0.255. The SMILES string of the molecule is COc1cccc(SC(=NCc2ccccc2)Nc2ccc(Cl)c(C(F)(F)F)c2)c1. The highest BCUT2D eigenvalue weighted by atomic mass is 35.5. The molecule has 0 aliphatic heterocycles. The van der Waals surface area contributed by atoms with E-state index in [4.69, 9.17) is 16.3 Å². The van der Waals surface area contributed by atoms with E-state index in [-0.39, 0.29) is 10.7 Å². The van der Waals surface area contributed by atoms with Crippen LogP contribution in [0.1, 0.15) is 11.1 Å². The molecular weight excluding hydrogens is 433 g/mol. The molecule has 0 fully saturated rings. The number of alkyl halides is 3. The fourth-order valence-electron chi connectivity index (χ4n) is 2.56. The van der Waals surface area contributed by atoms with E-state index in [9.17, 15) is 13.2 Å². The van der Waals surface area contributed by atoms with Gasteiger partial charge < -0.3 is 10.1 Å². The third kappa shape index (κ3) is 6.18. The Morgan fingerprint density at radius 1 is 1.03 bits per heavy atom. The van der Waals surface area contributed by atoms with Crippen LogP contribution < -0.4 is 10.1 Å². The number of hydrogen-bond donors (Lipinski definition) is 1. The molecule has 30 heavy (non-hydrogen) atoms. The Kier molecular flexibility index (Phi) is 7.29. The molecule has 0 aromatic heterocycles. The van der Waals surface area contributed by atoms with Crippen LogP contribution in [0.25, 0.3) is 0 Å². The predicted molar refractivity (Wildman–Crippen MR) is 117 cm³/mol. The van der Waals surface area contributed by atoms with E-state index in [2.05, 4.69) is 10.3 Å². The number of benzene rings is 3. The van der Waals surface area contributed by atoms with Gasteiger partial charge in [-0.2, -0.15) is 13.2 Å². The average molecular weight is 451 g/mol. The summed E-state index contributed by atoms with van der Waals surface area (Å²) < 4.78 is 44.8. The van der Waals surface area contributed by atoms with Gasteiger partial charge in [0.15, 0.2) is 5.17 Å². The first-order chi connectivity index (χ1) is 14.3. The molecule has 3 aromatic rings. The van der Waals surface area contributed by atoms with Gasteiger partial charge in [0.2, 0.25) is 0 Å². The highest BCUT2D eigenvalue weighted by Crippen LogP contribution is 2.36. The zero-order valence-electron chi connectivity index (χ0n) is 15.9. The van der Waals surface area contributed by atoms with Crippen LogP contribution >= 0.6 is 23.4 Å². The molecule has 0 heterocycles. The fourth-order valence-corrected chi connectivity index (χ4v) is 3.63. The van der Waals surface area contributed by atoms with Crippen LogP contribution in [0.15, 0.2) is 82.7 Å². The van der Waals surface area contributed by atoms with Gasteiger partial charge in [0.05, 0.1) is 24.2 Å². The third-order valence-corrected chi connectivity index (χ3v) is 5.27. The Hall–Kier alpha value is -2.64. The van der Waals surface area contributed by atoms with E-state index in [0.717, 1.165) is 16.5 Å². The molecule has 156 valence electrons. The zero-order valence-corrected chi connectivity index (χ0v) is 17.5. The zero-order chi connectivity index (χ0) is 21.6. The normalized spacial score (nSPS) is 12.0. The van der Waals surface area contributed by atoms with Crippen molar-refractivity contribution in [1.29, 1.82) is 0 Å². The van der Waals surface area contributed by atoms with Crippen molar-refractivity contribution >= 4 is 34.2 Å². The van der Waals surface area contributed by atoms with E-state index in [0.29, 0.717) is 17.5 Å². The molecule has 0 bridgehead atoms. The van der Waals surface area contributed by atoms with Gasteiger partial charge in [-0.1, -0.05) is 59.8 Å². The predicted octanol–water partition coefficient (Wildman–Crippen LogP) is 7.13. The topological polar surface area (TPSA) is 33.6 Å². The van der Waals surface area contributed by atoms with Crippen molar-refractivity contribution in [1.82, 2.24) is 0 Å². The highest BCUT2D eigenvalue weighted by molar-refractivity contribution is 8.14. The van der Waals surface area contributed by atoms with E-state index < -0.39 is 11.7 Å². The summed E-state index contributed by atoms with van der Waals surface area (Å²) in [5, 5.41) is 3.08. The van der Waals surface area contributed by atoms with E-state index in [1.54, 1.807) is 7.11 Å². The first-order valence-electron chi connectivity index (χ1n) is 8.89. The number of amidine groups is 1. The number of anilines is 1. The number of halogens is 4. The molecule has 3 rings (SSSR count). The number of nitrogens with one attached hydrogen (secondary N) is 1. The average Bonchev–Trinajstić information content (AvgIpc) is 2.73. The van der Waals surface area contributed by atoms with Crippen molar-refractivity contribution in [2.24, 2.45) is 4.99 Å². The van der Waals surface area contributed by atoms with Gasteiger partial charge >= 0.3 is 6.18 Å². The number of hydrogen-bond acceptors (Lipinski definition) is 3. The van der Waals surface area contributed by atoms with Crippen molar-refractivity contribution in [2.45, 2.75) is 17.6 Å². The highest BCUT2D eigenvalue weighted by Gasteiger charge is 2.33. The molecule has 0 atom stereocenters. The van der Waals surface area contributed by atoms with Gasteiger partial charge in [-0.15, -0.1) is 0 Å². The monoisotopic (exact) mass is 450 g/mol. The van der Waals surface area contributed by atoms with Gasteiger partial charge in [0, 0.05) is 10.6 Å². The Balaban J connectivity index is 1.89. The lowest BCUT2D eigenvalue weighted by Crippen LogP contribution is -2.11. The standard InChI is InChI=1S/C22H18ClF3N2OS/c1-29-17-8-5-9-18(13-17)30-21(27-14-15-6-3-2-4-7-15)28-16-10-11-20(23)19(12-16)22(24,25)26/h2-13H,14H2,1H3,(H,27,28). The van der Waals surface area contributed by atoms with Crippen LogP contribution in [0, 0.1) is 0 Å². The first kappa shape index (κ1) is 22.1. The fraction of sp³-hybridized carbons (Fsp3) is 0.136. The van der Waals surface area contributed by atoms with Crippen molar-refractivity contribution in [2.75, 3.05) is 12.4 Å². The molecule has 0 aliphatic rings. The largest absolute Gasteiger partial charge is 0.497 e. The van der Waals surface area contributed by atoms with E-state index >= 15 is 0 Å². The van der Waals surface area contributed by atoms with Gasteiger partial charge in [-0.3, -0.25) is 4.99 Å². The lowest BCUT2D eigenvalue weighted by atomic mass is 10.2. The molecular formula is C22H18ClF3N2OS. The second-order valence-electron chi connectivity index (χ2n) is 6.21. The van der Waals surface area contributed by atoms with E-state index in [1.165, 1.54) is 23.9 Å². The molecule has 0 amide bonds. The maximum absolute atomic E-state index is 13.2. The van der Waals surface area contributed by atoms with Crippen LogP contribution in [0.4, 0.5) is 18.9 Å². The number of rotatable bonds is 5. The molecule has 1 N–H and O–H groups in total. The number of ether oxygens (including phenoxy) is 1. The van der Waals surface area contributed by atoms with Crippen molar-refractivity contribution in [3.05, 3.63) is 88.9 Å². The Morgan fingerprint density at radius 2 is 1.80 bits per heavy atom.